The molecule has 0 aliphatic rings. The molecule has 3 aromatic rings. The van der Waals surface area contributed by atoms with Gasteiger partial charge in [0.25, 0.3) is 0 Å². The lowest BCUT2D eigenvalue weighted by molar-refractivity contribution is -0.121. The smallest absolute Gasteiger partial charge is 0.220 e. The summed E-state index contributed by atoms with van der Waals surface area (Å²) in [6.07, 6.45) is 2.75. The van der Waals surface area contributed by atoms with Gasteiger partial charge in [0, 0.05) is 19.4 Å². The lowest BCUT2D eigenvalue weighted by Gasteiger charge is -2.19. The van der Waals surface area contributed by atoms with Gasteiger partial charge in [-0.25, -0.2) is 4.98 Å². The van der Waals surface area contributed by atoms with Crippen LogP contribution in [0.25, 0.3) is 11.1 Å². The Morgan fingerprint density at radius 2 is 1.89 bits per heavy atom. The second-order valence-electron chi connectivity index (χ2n) is 7.98. The molecule has 3 rings (SSSR count). The first-order valence-corrected chi connectivity index (χ1v) is 9.62. The van der Waals surface area contributed by atoms with E-state index in [4.69, 9.17) is 4.42 Å². The zero-order valence-corrected chi connectivity index (χ0v) is 16.4. The molecule has 1 heterocycles. The average Bonchev–Trinajstić information content (AvgIpc) is 3.04. The minimum absolute atomic E-state index is 0.0816. The van der Waals surface area contributed by atoms with E-state index in [2.05, 4.69) is 55.3 Å². The van der Waals surface area contributed by atoms with Gasteiger partial charge in [0.15, 0.2) is 11.5 Å². The molecular formula is C23H28N2O2. The number of hydrogen-bond donors (Lipinski definition) is 1. The van der Waals surface area contributed by atoms with E-state index in [1.54, 1.807) is 0 Å². The third-order valence-corrected chi connectivity index (χ3v) is 4.66. The van der Waals surface area contributed by atoms with Crippen molar-refractivity contribution < 1.29 is 9.21 Å². The van der Waals surface area contributed by atoms with Crippen molar-refractivity contribution in [2.75, 3.05) is 6.54 Å². The number of amides is 1. The normalized spacial score (nSPS) is 11.7. The van der Waals surface area contributed by atoms with E-state index in [1.807, 2.05) is 24.3 Å². The summed E-state index contributed by atoms with van der Waals surface area (Å²) >= 11 is 0. The first-order valence-electron chi connectivity index (χ1n) is 9.62. The van der Waals surface area contributed by atoms with Crippen molar-refractivity contribution in [3.05, 3.63) is 65.5 Å². The van der Waals surface area contributed by atoms with Crippen molar-refractivity contribution in [2.45, 2.75) is 51.9 Å². The minimum Gasteiger partial charge on any atom is -0.441 e. The molecule has 0 saturated carbocycles. The predicted molar refractivity (Wildman–Crippen MR) is 109 cm³/mol. The van der Waals surface area contributed by atoms with Crippen LogP contribution in [-0.4, -0.2) is 17.4 Å². The molecule has 0 bridgehead atoms. The Kier molecular flexibility index (Phi) is 5.94. The van der Waals surface area contributed by atoms with Gasteiger partial charge in [-0.2, -0.15) is 0 Å². The molecule has 0 aliphatic carbocycles. The van der Waals surface area contributed by atoms with Crippen molar-refractivity contribution in [3.8, 4) is 0 Å². The molecule has 4 heteroatoms. The van der Waals surface area contributed by atoms with Crippen molar-refractivity contribution in [3.63, 3.8) is 0 Å². The fraction of sp³-hybridized carbons (Fsp3) is 0.391. The summed E-state index contributed by atoms with van der Waals surface area (Å²) in [5.41, 5.74) is 4.40. The number of aromatic nitrogens is 1. The molecule has 0 saturated heterocycles. The quantitative estimate of drug-likeness (QED) is 0.655. The van der Waals surface area contributed by atoms with Crippen LogP contribution in [0.3, 0.4) is 0 Å². The topological polar surface area (TPSA) is 55.1 Å². The summed E-state index contributed by atoms with van der Waals surface area (Å²) in [6.45, 7) is 7.30. The van der Waals surface area contributed by atoms with E-state index in [0.29, 0.717) is 25.3 Å². The molecule has 27 heavy (non-hydrogen) atoms. The number of oxazole rings is 1. The van der Waals surface area contributed by atoms with Crippen LogP contribution in [0.5, 0.6) is 0 Å². The number of nitrogens with one attached hydrogen (secondary N) is 1. The van der Waals surface area contributed by atoms with Gasteiger partial charge in [-0.15, -0.1) is 0 Å². The van der Waals surface area contributed by atoms with Gasteiger partial charge in [0.2, 0.25) is 5.91 Å². The lowest BCUT2D eigenvalue weighted by atomic mass is 9.86. The maximum Gasteiger partial charge on any atom is 0.220 e. The Labute approximate surface area is 161 Å². The molecule has 0 spiro atoms. The monoisotopic (exact) mass is 364 g/mol. The van der Waals surface area contributed by atoms with Crippen LogP contribution >= 0.6 is 0 Å². The van der Waals surface area contributed by atoms with E-state index < -0.39 is 0 Å². The van der Waals surface area contributed by atoms with Gasteiger partial charge in [-0.3, -0.25) is 4.79 Å². The number of benzene rings is 2. The Bertz CT molecular complexity index is 873. The number of rotatable bonds is 7. The maximum absolute atomic E-state index is 12.1. The molecule has 0 radical (unpaired) electrons. The van der Waals surface area contributed by atoms with Gasteiger partial charge < -0.3 is 9.73 Å². The second-order valence-corrected chi connectivity index (χ2v) is 7.98. The zero-order valence-electron chi connectivity index (χ0n) is 16.4. The van der Waals surface area contributed by atoms with E-state index in [-0.39, 0.29) is 11.3 Å². The Balaban J connectivity index is 1.40. The summed E-state index contributed by atoms with van der Waals surface area (Å²) < 4.78 is 5.68. The summed E-state index contributed by atoms with van der Waals surface area (Å²) in [4.78, 5) is 16.5. The van der Waals surface area contributed by atoms with Gasteiger partial charge in [0.05, 0.1) is 0 Å². The molecule has 0 atom stereocenters. The first-order chi connectivity index (χ1) is 12.9. The third-order valence-electron chi connectivity index (χ3n) is 4.66. The van der Waals surface area contributed by atoms with Crippen LogP contribution < -0.4 is 5.32 Å². The third kappa shape index (κ3) is 5.43. The zero-order chi connectivity index (χ0) is 19.3. The highest BCUT2D eigenvalue weighted by Crippen LogP contribution is 2.22. The molecule has 2 aromatic carbocycles. The Hall–Kier alpha value is -2.62. The fourth-order valence-corrected chi connectivity index (χ4v) is 3.06. The van der Waals surface area contributed by atoms with Crippen molar-refractivity contribution >= 4 is 17.0 Å². The van der Waals surface area contributed by atoms with Crippen LogP contribution in [0.4, 0.5) is 0 Å². The van der Waals surface area contributed by atoms with E-state index >= 15 is 0 Å². The number of carbonyl (C=O) groups excluding carboxylic acids is 1. The van der Waals surface area contributed by atoms with Crippen LogP contribution in [-0.2, 0) is 23.1 Å². The number of carbonyl (C=O) groups is 1. The Morgan fingerprint density at radius 1 is 1.07 bits per heavy atom. The standard InChI is InChI=1S/C23H28N2O2/c1-23(2,3)18-9-6-8-17(16-18)14-15-24-21(26)12-7-13-22-25-19-10-4-5-11-20(19)27-22/h4-6,8-11,16H,7,12-15H2,1-3H3,(H,24,26). The van der Waals surface area contributed by atoms with E-state index in [9.17, 15) is 4.79 Å². The highest BCUT2D eigenvalue weighted by molar-refractivity contribution is 5.76. The van der Waals surface area contributed by atoms with E-state index in [0.717, 1.165) is 23.9 Å². The van der Waals surface area contributed by atoms with Crippen LogP contribution in [0, 0.1) is 0 Å². The minimum atomic E-state index is 0.0816. The van der Waals surface area contributed by atoms with Gasteiger partial charge in [-0.05, 0) is 41.5 Å². The van der Waals surface area contributed by atoms with Crippen molar-refractivity contribution in [2.24, 2.45) is 0 Å². The van der Waals surface area contributed by atoms with Crippen molar-refractivity contribution in [1.82, 2.24) is 10.3 Å². The summed E-state index contributed by atoms with van der Waals surface area (Å²) in [6, 6.07) is 16.3. The maximum atomic E-state index is 12.1. The molecule has 142 valence electrons. The van der Waals surface area contributed by atoms with E-state index in [1.165, 1.54) is 11.1 Å². The molecule has 1 amide bonds. The first kappa shape index (κ1) is 19.2. The molecule has 0 fully saturated rings. The lowest BCUT2D eigenvalue weighted by Crippen LogP contribution is -2.25. The largest absolute Gasteiger partial charge is 0.441 e. The summed E-state index contributed by atoms with van der Waals surface area (Å²) in [5.74, 6) is 0.779. The number of para-hydroxylation sites is 2. The molecule has 1 aromatic heterocycles. The SMILES string of the molecule is CC(C)(C)c1cccc(CCNC(=O)CCCc2nc3ccccc3o2)c1. The van der Waals surface area contributed by atoms with Crippen molar-refractivity contribution in [1.29, 1.82) is 0 Å². The fourth-order valence-electron chi connectivity index (χ4n) is 3.06. The van der Waals surface area contributed by atoms with Gasteiger partial charge >= 0.3 is 0 Å². The summed E-state index contributed by atoms with van der Waals surface area (Å²) in [5, 5.41) is 3.01. The predicted octanol–water partition coefficient (Wildman–Crippen LogP) is 4.81. The average molecular weight is 364 g/mol. The second kappa shape index (κ2) is 8.38. The number of fused-ring (bicyclic) bond motifs is 1. The van der Waals surface area contributed by atoms with Crippen LogP contribution in [0.2, 0.25) is 0 Å². The molecule has 4 nitrogen and oxygen atoms in total. The molecule has 0 aliphatic heterocycles. The number of nitrogens with zero attached hydrogens (tertiary/aromatic N) is 1. The highest BCUT2D eigenvalue weighted by atomic mass is 16.3. The Morgan fingerprint density at radius 3 is 2.67 bits per heavy atom. The number of aryl methyl sites for hydroxylation is 1. The van der Waals surface area contributed by atoms with Gasteiger partial charge in [0.1, 0.15) is 5.52 Å². The molecule has 0 unspecified atom stereocenters. The van der Waals surface area contributed by atoms with Crippen LogP contribution in [0.1, 0.15) is 50.6 Å². The van der Waals surface area contributed by atoms with Gasteiger partial charge in [-0.1, -0.05) is 57.2 Å². The molecule has 1 N–H and O–H groups in total. The molecular weight excluding hydrogens is 336 g/mol. The summed E-state index contributed by atoms with van der Waals surface area (Å²) in [7, 11) is 0. The van der Waals surface area contributed by atoms with Crippen LogP contribution in [0.15, 0.2) is 52.9 Å². The highest BCUT2D eigenvalue weighted by Gasteiger charge is 2.13. The number of hydrogen-bond acceptors (Lipinski definition) is 3.